The number of hydrogen-bond donors (Lipinski definition) is 1. The Hall–Kier alpha value is -1.20. The molecule has 0 amide bonds. The van der Waals surface area contributed by atoms with Crippen molar-refractivity contribution in [2.45, 2.75) is 26.3 Å². The van der Waals surface area contributed by atoms with E-state index in [1.165, 1.54) is 5.56 Å². The van der Waals surface area contributed by atoms with Crippen molar-refractivity contribution in [2.24, 2.45) is 0 Å². The highest BCUT2D eigenvalue weighted by atomic mass is 32.1. The molecule has 0 bridgehead atoms. The molecule has 0 aliphatic rings. The van der Waals surface area contributed by atoms with Crippen LogP contribution in [0, 0.1) is 6.92 Å². The number of thiophene rings is 1. The molecule has 16 heavy (non-hydrogen) atoms. The van der Waals surface area contributed by atoms with Crippen LogP contribution < -0.4 is 5.32 Å². The summed E-state index contributed by atoms with van der Waals surface area (Å²) in [6.07, 6.45) is 0.781. The standard InChI is InChI=1S/C11H15N3OS/c1-7-5-16-6-9(7)11-13-10(14-15-11)4-8(2)12-3/h5-6,8,12H,4H2,1-3H3. The van der Waals surface area contributed by atoms with Crippen molar-refractivity contribution in [3.8, 4) is 11.5 Å². The normalized spacial score (nSPS) is 12.9. The number of rotatable bonds is 4. The molecule has 1 atom stereocenters. The van der Waals surface area contributed by atoms with Crippen molar-refractivity contribution >= 4 is 11.3 Å². The van der Waals surface area contributed by atoms with Crippen LogP contribution in [-0.4, -0.2) is 23.2 Å². The first-order valence-corrected chi connectivity index (χ1v) is 6.18. The molecule has 2 rings (SSSR count). The molecule has 0 radical (unpaired) electrons. The molecule has 1 unspecified atom stereocenters. The van der Waals surface area contributed by atoms with Crippen LogP contribution in [0.4, 0.5) is 0 Å². The summed E-state index contributed by atoms with van der Waals surface area (Å²) in [5.74, 6) is 1.37. The second kappa shape index (κ2) is 4.76. The van der Waals surface area contributed by atoms with Crippen molar-refractivity contribution in [3.05, 3.63) is 22.1 Å². The smallest absolute Gasteiger partial charge is 0.259 e. The first-order valence-electron chi connectivity index (χ1n) is 5.23. The molecule has 0 aliphatic carbocycles. The zero-order chi connectivity index (χ0) is 11.5. The lowest BCUT2D eigenvalue weighted by Crippen LogP contribution is -2.24. The topological polar surface area (TPSA) is 51.0 Å². The molecule has 0 spiro atoms. The molecule has 0 saturated heterocycles. The van der Waals surface area contributed by atoms with Gasteiger partial charge in [-0.25, -0.2) is 0 Å². The van der Waals surface area contributed by atoms with Gasteiger partial charge in [-0.1, -0.05) is 5.16 Å². The molecule has 0 aromatic carbocycles. The number of nitrogens with one attached hydrogen (secondary N) is 1. The minimum absolute atomic E-state index is 0.356. The monoisotopic (exact) mass is 237 g/mol. The van der Waals surface area contributed by atoms with E-state index in [2.05, 4.69) is 27.8 Å². The van der Waals surface area contributed by atoms with E-state index in [1.54, 1.807) is 11.3 Å². The molecular weight excluding hydrogens is 222 g/mol. The molecule has 0 fully saturated rings. The Labute approximate surface area is 98.7 Å². The fraction of sp³-hybridized carbons (Fsp3) is 0.455. The van der Waals surface area contributed by atoms with Crippen LogP contribution in [0.15, 0.2) is 15.3 Å². The van der Waals surface area contributed by atoms with Gasteiger partial charge in [0.15, 0.2) is 5.82 Å². The van der Waals surface area contributed by atoms with Crippen molar-refractivity contribution in [2.75, 3.05) is 7.05 Å². The van der Waals surface area contributed by atoms with E-state index in [1.807, 2.05) is 19.4 Å². The van der Waals surface area contributed by atoms with E-state index in [9.17, 15) is 0 Å². The van der Waals surface area contributed by atoms with Gasteiger partial charge in [0.2, 0.25) is 0 Å². The zero-order valence-electron chi connectivity index (χ0n) is 9.65. The maximum Gasteiger partial charge on any atom is 0.259 e. The lowest BCUT2D eigenvalue weighted by Gasteiger charge is -2.04. The SMILES string of the molecule is CNC(C)Cc1noc(-c2cscc2C)n1. The number of aryl methyl sites for hydroxylation is 1. The highest BCUT2D eigenvalue weighted by Gasteiger charge is 2.13. The van der Waals surface area contributed by atoms with E-state index in [-0.39, 0.29) is 0 Å². The number of likely N-dealkylation sites (N-methyl/N-ethyl adjacent to an activating group) is 1. The van der Waals surface area contributed by atoms with Gasteiger partial charge in [0.05, 0.1) is 5.56 Å². The van der Waals surface area contributed by atoms with Gasteiger partial charge in [0.1, 0.15) is 0 Å². The van der Waals surface area contributed by atoms with Gasteiger partial charge in [-0.15, -0.1) is 0 Å². The Morgan fingerprint density at radius 2 is 2.31 bits per heavy atom. The molecule has 0 saturated carbocycles. The van der Waals surface area contributed by atoms with E-state index in [0.29, 0.717) is 11.9 Å². The third-order valence-corrected chi connectivity index (χ3v) is 3.40. The number of nitrogens with zero attached hydrogens (tertiary/aromatic N) is 2. The molecule has 5 heteroatoms. The van der Waals surface area contributed by atoms with Crippen molar-refractivity contribution in [1.82, 2.24) is 15.5 Å². The average Bonchev–Trinajstić information content (AvgIpc) is 2.86. The average molecular weight is 237 g/mol. The molecule has 0 aliphatic heterocycles. The zero-order valence-corrected chi connectivity index (χ0v) is 10.5. The van der Waals surface area contributed by atoms with Gasteiger partial charge >= 0.3 is 0 Å². The Morgan fingerprint density at radius 1 is 1.50 bits per heavy atom. The lowest BCUT2D eigenvalue weighted by atomic mass is 10.2. The highest BCUT2D eigenvalue weighted by molar-refractivity contribution is 7.08. The van der Waals surface area contributed by atoms with Crippen LogP contribution in [0.5, 0.6) is 0 Å². The Morgan fingerprint density at radius 3 is 2.94 bits per heavy atom. The number of aromatic nitrogens is 2. The van der Waals surface area contributed by atoms with E-state index >= 15 is 0 Å². The van der Waals surface area contributed by atoms with Crippen molar-refractivity contribution in [1.29, 1.82) is 0 Å². The summed E-state index contributed by atoms with van der Waals surface area (Å²) in [5, 5.41) is 11.2. The van der Waals surface area contributed by atoms with Gasteiger partial charge in [0.25, 0.3) is 5.89 Å². The third-order valence-electron chi connectivity index (χ3n) is 2.54. The van der Waals surface area contributed by atoms with Gasteiger partial charge < -0.3 is 9.84 Å². The Kier molecular flexibility index (Phi) is 3.36. The predicted molar refractivity (Wildman–Crippen MR) is 64.6 cm³/mol. The molecule has 2 heterocycles. The maximum absolute atomic E-state index is 5.25. The first kappa shape index (κ1) is 11.3. The van der Waals surface area contributed by atoms with Gasteiger partial charge in [-0.3, -0.25) is 0 Å². The summed E-state index contributed by atoms with van der Waals surface area (Å²) in [6, 6.07) is 0.356. The first-order chi connectivity index (χ1) is 7.70. The minimum Gasteiger partial charge on any atom is -0.334 e. The van der Waals surface area contributed by atoms with E-state index in [0.717, 1.165) is 17.8 Å². The molecule has 2 aromatic rings. The van der Waals surface area contributed by atoms with Crippen LogP contribution in [0.3, 0.4) is 0 Å². The summed E-state index contributed by atoms with van der Waals surface area (Å²) in [7, 11) is 1.93. The second-order valence-electron chi connectivity index (χ2n) is 3.88. The quantitative estimate of drug-likeness (QED) is 0.886. The van der Waals surface area contributed by atoms with Gasteiger partial charge in [-0.2, -0.15) is 16.3 Å². The van der Waals surface area contributed by atoms with Crippen LogP contribution in [0.1, 0.15) is 18.3 Å². The van der Waals surface area contributed by atoms with Crippen LogP contribution in [0.2, 0.25) is 0 Å². The minimum atomic E-state index is 0.356. The molecule has 2 aromatic heterocycles. The van der Waals surface area contributed by atoms with Gasteiger partial charge in [-0.05, 0) is 31.8 Å². The van der Waals surface area contributed by atoms with Crippen LogP contribution in [-0.2, 0) is 6.42 Å². The Balaban J connectivity index is 2.17. The lowest BCUT2D eigenvalue weighted by molar-refractivity contribution is 0.418. The highest BCUT2D eigenvalue weighted by Crippen LogP contribution is 2.25. The van der Waals surface area contributed by atoms with Crippen LogP contribution >= 0.6 is 11.3 Å². The van der Waals surface area contributed by atoms with Gasteiger partial charge in [0, 0.05) is 17.8 Å². The molecular formula is C11H15N3OS. The summed E-state index contributed by atoms with van der Waals surface area (Å²) in [6.45, 7) is 4.14. The summed E-state index contributed by atoms with van der Waals surface area (Å²) in [5.41, 5.74) is 2.22. The fourth-order valence-corrected chi connectivity index (χ4v) is 2.22. The maximum atomic E-state index is 5.25. The fourth-order valence-electron chi connectivity index (χ4n) is 1.40. The summed E-state index contributed by atoms with van der Waals surface area (Å²) >= 11 is 1.65. The molecule has 4 nitrogen and oxygen atoms in total. The second-order valence-corrected chi connectivity index (χ2v) is 4.62. The molecule has 86 valence electrons. The van der Waals surface area contributed by atoms with Crippen molar-refractivity contribution in [3.63, 3.8) is 0 Å². The largest absolute Gasteiger partial charge is 0.334 e. The summed E-state index contributed by atoms with van der Waals surface area (Å²) in [4.78, 5) is 4.39. The van der Waals surface area contributed by atoms with Crippen molar-refractivity contribution < 1.29 is 4.52 Å². The van der Waals surface area contributed by atoms with Crippen LogP contribution in [0.25, 0.3) is 11.5 Å². The van der Waals surface area contributed by atoms with E-state index in [4.69, 9.17) is 4.52 Å². The summed E-state index contributed by atoms with van der Waals surface area (Å²) < 4.78 is 5.25. The predicted octanol–water partition coefficient (Wildman–Crippen LogP) is 2.26. The van der Waals surface area contributed by atoms with E-state index < -0.39 is 0 Å². The number of hydrogen-bond acceptors (Lipinski definition) is 5. The Bertz CT molecular complexity index is 463. The molecule has 1 N–H and O–H groups in total. The third kappa shape index (κ3) is 2.31.